The molecule has 6 rings (SSSR count). The quantitative estimate of drug-likeness (QED) is 0.215. The third-order valence-electron chi connectivity index (χ3n) is 6.96. The molecule has 2 heterocycles. The van der Waals surface area contributed by atoms with Gasteiger partial charge in [0.2, 0.25) is 0 Å². The molecule has 0 spiro atoms. The number of aromatic amines is 1. The van der Waals surface area contributed by atoms with Crippen LogP contribution in [0.25, 0.3) is 33.5 Å². The van der Waals surface area contributed by atoms with Crippen molar-refractivity contribution >= 4 is 56.5 Å². The maximum Gasteiger partial charge on any atom is 0.439 e. The summed E-state index contributed by atoms with van der Waals surface area (Å²) in [6.45, 7) is 0. The number of hydrogen-bond donors (Lipinski definition) is 1. The average molecular weight is 542 g/mol. The van der Waals surface area contributed by atoms with Gasteiger partial charge in [0.1, 0.15) is 5.75 Å². The number of fused-ring (bicyclic) bond motifs is 1. The molecular weight excluding hydrogens is 518 g/mol. The summed E-state index contributed by atoms with van der Waals surface area (Å²) in [5.41, 5.74) is 9.49. The second-order valence-corrected chi connectivity index (χ2v) is 10.5. The van der Waals surface area contributed by atoms with Gasteiger partial charge in [-0.25, -0.2) is 9.78 Å². The molecule has 2 aromatic heterocycles. The molecule has 0 bridgehead atoms. The zero-order valence-electron chi connectivity index (χ0n) is 20.6. The maximum atomic E-state index is 11.2. The highest BCUT2D eigenvalue weighted by Crippen LogP contribution is 2.47. The van der Waals surface area contributed by atoms with Crippen LogP contribution in [-0.2, 0) is 0 Å². The summed E-state index contributed by atoms with van der Waals surface area (Å²) in [7, 11) is 1.65. The van der Waals surface area contributed by atoms with Crippen LogP contribution in [0.5, 0.6) is 5.75 Å². The molecule has 38 heavy (non-hydrogen) atoms. The van der Waals surface area contributed by atoms with E-state index in [4.69, 9.17) is 16.3 Å². The van der Waals surface area contributed by atoms with E-state index in [0.29, 0.717) is 16.8 Å². The van der Waals surface area contributed by atoms with E-state index in [1.807, 2.05) is 23.7 Å². The SMILES string of the molecule is COc1ccc(/C(=C(/c2ccc(C=Cc3noc(=O)[nH]3)cc2)c2ccc3scnc3c2)C2CCC2)c(Cl)c1. The molecular formula is C30H24ClN3O3S. The molecule has 0 atom stereocenters. The molecule has 3 aromatic carbocycles. The zero-order valence-corrected chi connectivity index (χ0v) is 22.2. The number of benzene rings is 3. The Morgan fingerprint density at radius 3 is 2.58 bits per heavy atom. The van der Waals surface area contributed by atoms with Crippen molar-refractivity contribution in [3.8, 4) is 5.75 Å². The monoisotopic (exact) mass is 541 g/mol. The van der Waals surface area contributed by atoms with Crippen LogP contribution >= 0.6 is 22.9 Å². The maximum absolute atomic E-state index is 11.2. The van der Waals surface area contributed by atoms with Crippen molar-refractivity contribution in [3.05, 3.63) is 110 Å². The second kappa shape index (κ2) is 10.4. The Kier molecular flexibility index (Phi) is 6.70. The summed E-state index contributed by atoms with van der Waals surface area (Å²) in [5, 5.41) is 4.37. The van der Waals surface area contributed by atoms with Crippen LogP contribution in [0.4, 0.5) is 0 Å². The largest absolute Gasteiger partial charge is 0.497 e. The summed E-state index contributed by atoms with van der Waals surface area (Å²) < 4.78 is 11.2. The first kappa shape index (κ1) is 24.4. The van der Waals surface area contributed by atoms with Gasteiger partial charge < -0.3 is 4.74 Å². The number of rotatable bonds is 7. The standard InChI is InChI=1S/C30H24ClN3O3S/c1-36-22-11-12-23(24(31)16-22)29(19-3-2-4-19)28(21-10-13-26-25(15-21)32-17-38-26)20-8-5-18(6-9-20)7-14-27-33-30(35)37-34-27/h5-17,19H,2-4H2,1H3,(H,33,34,35)/b14-7?,29-28-. The Bertz CT molecular complexity index is 1730. The predicted octanol–water partition coefficient (Wildman–Crippen LogP) is 7.56. The van der Waals surface area contributed by atoms with Gasteiger partial charge in [0.25, 0.3) is 0 Å². The first-order valence-corrected chi connectivity index (χ1v) is 13.6. The number of nitrogens with zero attached hydrogens (tertiary/aromatic N) is 2. The van der Waals surface area contributed by atoms with Gasteiger partial charge in [0.05, 0.1) is 27.9 Å². The number of methoxy groups -OCH3 is 1. The topological polar surface area (TPSA) is 81.0 Å². The molecule has 1 aliphatic rings. The van der Waals surface area contributed by atoms with Crippen molar-refractivity contribution < 1.29 is 9.26 Å². The Morgan fingerprint density at radius 1 is 1.08 bits per heavy atom. The van der Waals surface area contributed by atoms with Crippen LogP contribution in [0.2, 0.25) is 5.02 Å². The first-order chi connectivity index (χ1) is 18.6. The van der Waals surface area contributed by atoms with Crippen LogP contribution in [0.3, 0.4) is 0 Å². The smallest absolute Gasteiger partial charge is 0.439 e. The number of halogens is 1. The molecule has 0 unspecified atom stereocenters. The molecule has 0 amide bonds. The average Bonchev–Trinajstić information content (AvgIpc) is 3.55. The third-order valence-corrected chi connectivity index (χ3v) is 8.08. The minimum Gasteiger partial charge on any atom is -0.497 e. The molecule has 6 nitrogen and oxygen atoms in total. The fraction of sp³-hybridized carbons (Fsp3) is 0.167. The number of H-pyrrole nitrogens is 1. The van der Waals surface area contributed by atoms with Crippen molar-refractivity contribution in [1.29, 1.82) is 0 Å². The fourth-order valence-electron chi connectivity index (χ4n) is 4.84. The van der Waals surface area contributed by atoms with E-state index in [2.05, 4.69) is 68.2 Å². The molecule has 1 fully saturated rings. The van der Waals surface area contributed by atoms with Crippen molar-refractivity contribution in [1.82, 2.24) is 15.1 Å². The third kappa shape index (κ3) is 4.83. The van der Waals surface area contributed by atoms with Crippen molar-refractivity contribution in [3.63, 3.8) is 0 Å². The highest BCUT2D eigenvalue weighted by Gasteiger charge is 2.28. The van der Waals surface area contributed by atoms with E-state index >= 15 is 0 Å². The second-order valence-electron chi connectivity index (χ2n) is 9.23. The van der Waals surface area contributed by atoms with Gasteiger partial charge in [0.15, 0.2) is 5.82 Å². The number of hydrogen-bond acceptors (Lipinski definition) is 6. The van der Waals surface area contributed by atoms with E-state index in [-0.39, 0.29) is 0 Å². The first-order valence-electron chi connectivity index (χ1n) is 12.4. The van der Waals surface area contributed by atoms with E-state index in [1.54, 1.807) is 24.5 Å². The summed E-state index contributed by atoms with van der Waals surface area (Å²) >= 11 is 8.52. The van der Waals surface area contributed by atoms with Gasteiger partial charge >= 0.3 is 5.76 Å². The summed E-state index contributed by atoms with van der Waals surface area (Å²) in [5.74, 6) is 0.942. The summed E-state index contributed by atoms with van der Waals surface area (Å²) in [4.78, 5) is 18.3. The number of thiazole rings is 1. The number of ether oxygens (including phenoxy) is 1. The van der Waals surface area contributed by atoms with E-state index < -0.39 is 5.76 Å². The van der Waals surface area contributed by atoms with Gasteiger partial charge in [-0.05, 0) is 88.6 Å². The molecule has 0 saturated heterocycles. The molecule has 5 aromatic rings. The number of allylic oxidation sites excluding steroid dienone is 1. The minimum absolute atomic E-state index is 0.373. The number of aromatic nitrogens is 3. The molecule has 190 valence electrons. The molecule has 1 N–H and O–H groups in total. The van der Waals surface area contributed by atoms with E-state index in [9.17, 15) is 4.79 Å². The van der Waals surface area contributed by atoms with Gasteiger partial charge in [0, 0.05) is 0 Å². The Balaban J connectivity index is 1.51. The van der Waals surface area contributed by atoms with Crippen LogP contribution in [0.15, 0.2) is 75.5 Å². The molecule has 1 aliphatic carbocycles. The van der Waals surface area contributed by atoms with Gasteiger partial charge in [-0.1, -0.05) is 59.6 Å². The van der Waals surface area contributed by atoms with Crippen LogP contribution in [0, 0.1) is 5.92 Å². The minimum atomic E-state index is -0.576. The Hall–Kier alpha value is -3.94. The highest BCUT2D eigenvalue weighted by atomic mass is 35.5. The normalized spacial score (nSPS) is 14.6. The molecule has 1 saturated carbocycles. The summed E-state index contributed by atoms with van der Waals surface area (Å²) in [6.07, 6.45) is 7.04. The van der Waals surface area contributed by atoms with Crippen LogP contribution in [0.1, 0.15) is 47.3 Å². The van der Waals surface area contributed by atoms with Crippen molar-refractivity contribution in [2.75, 3.05) is 7.11 Å². The van der Waals surface area contributed by atoms with Crippen LogP contribution in [-0.4, -0.2) is 22.2 Å². The van der Waals surface area contributed by atoms with E-state index in [0.717, 1.165) is 56.6 Å². The summed E-state index contributed by atoms with van der Waals surface area (Å²) in [6, 6.07) is 20.8. The lowest BCUT2D eigenvalue weighted by molar-refractivity contribution is 0.385. The lowest BCUT2D eigenvalue weighted by Crippen LogP contribution is -2.15. The molecule has 0 aliphatic heterocycles. The van der Waals surface area contributed by atoms with Crippen molar-refractivity contribution in [2.24, 2.45) is 5.92 Å². The van der Waals surface area contributed by atoms with Gasteiger partial charge in [-0.15, -0.1) is 11.3 Å². The predicted molar refractivity (Wildman–Crippen MR) is 153 cm³/mol. The zero-order chi connectivity index (χ0) is 26.1. The molecule has 8 heteroatoms. The lowest BCUT2D eigenvalue weighted by Gasteiger charge is -2.32. The number of nitrogens with one attached hydrogen (secondary N) is 1. The highest BCUT2D eigenvalue weighted by molar-refractivity contribution is 7.16. The molecule has 0 radical (unpaired) electrons. The lowest BCUT2D eigenvalue weighted by atomic mass is 9.73. The van der Waals surface area contributed by atoms with E-state index in [1.165, 1.54) is 12.0 Å². The van der Waals surface area contributed by atoms with Crippen LogP contribution < -0.4 is 10.5 Å². The van der Waals surface area contributed by atoms with Gasteiger partial charge in [-0.2, -0.15) is 0 Å². The Labute approximate surface area is 228 Å². The van der Waals surface area contributed by atoms with Gasteiger partial charge in [-0.3, -0.25) is 9.51 Å². The van der Waals surface area contributed by atoms with Crippen molar-refractivity contribution in [2.45, 2.75) is 19.3 Å². The Morgan fingerprint density at radius 2 is 1.89 bits per heavy atom. The fourth-order valence-corrected chi connectivity index (χ4v) is 5.77.